The minimum Gasteiger partial charge on any atom is -0.399 e. The zero-order chi connectivity index (χ0) is 13.8. The summed E-state index contributed by atoms with van der Waals surface area (Å²) in [6.45, 7) is 2.19. The Hall–Kier alpha value is -1.71. The molecule has 0 radical (unpaired) electrons. The second-order valence-electron chi connectivity index (χ2n) is 5.42. The van der Waals surface area contributed by atoms with Crippen LogP contribution < -0.4 is 16.8 Å². The van der Waals surface area contributed by atoms with Crippen LogP contribution in [0.25, 0.3) is 0 Å². The first-order valence-electron chi connectivity index (χ1n) is 7.07. The lowest BCUT2D eigenvalue weighted by molar-refractivity contribution is 0.0905. The van der Waals surface area contributed by atoms with E-state index in [1.165, 1.54) is 19.3 Å². The minimum absolute atomic E-state index is 0.0654. The Balaban J connectivity index is 2.07. The number of carbonyl (C=O) groups excluding carboxylic acids is 1. The number of nitrogens with one attached hydrogen (secondary N) is 1. The Labute approximate surface area is 114 Å². The van der Waals surface area contributed by atoms with Crippen molar-refractivity contribution < 1.29 is 4.79 Å². The van der Waals surface area contributed by atoms with E-state index in [2.05, 4.69) is 12.2 Å². The number of hydrogen-bond acceptors (Lipinski definition) is 3. The fourth-order valence-corrected chi connectivity index (χ4v) is 2.95. The molecule has 5 N–H and O–H groups in total. The lowest BCUT2D eigenvalue weighted by Gasteiger charge is -2.31. The van der Waals surface area contributed by atoms with Crippen molar-refractivity contribution in [2.24, 2.45) is 5.92 Å². The van der Waals surface area contributed by atoms with Crippen LogP contribution in [-0.2, 0) is 0 Å². The van der Waals surface area contributed by atoms with Gasteiger partial charge in [-0.1, -0.05) is 26.2 Å². The van der Waals surface area contributed by atoms with E-state index in [1.807, 2.05) is 0 Å². The van der Waals surface area contributed by atoms with Gasteiger partial charge in [-0.3, -0.25) is 4.79 Å². The van der Waals surface area contributed by atoms with E-state index in [4.69, 9.17) is 11.5 Å². The molecule has 4 nitrogen and oxygen atoms in total. The maximum absolute atomic E-state index is 12.3. The Kier molecular flexibility index (Phi) is 4.30. The molecule has 2 atom stereocenters. The van der Waals surface area contributed by atoms with Crippen LogP contribution in [0.15, 0.2) is 18.2 Å². The highest BCUT2D eigenvalue weighted by molar-refractivity contribution is 5.96. The largest absolute Gasteiger partial charge is 0.399 e. The van der Waals surface area contributed by atoms with E-state index in [1.54, 1.807) is 18.2 Å². The molecule has 0 aromatic heterocycles. The van der Waals surface area contributed by atoms with Crippen LogP contribution in [0.4, 0.5) is 11.4 Å². The van der Waals surface area contributed by atoms with Crippen molar-refractivity contribution >= 4 is 17.3 Å². The molecule has 1 aliphatic rings. The third-order valence-electron chi connectivity index (χ3n) is 3.99. The quantitative estimate of drug-likeness (QED) is 0.731. The summed E-state index contributed by atoms with van der Waals surface area (Å²) in [4.78, 5) is 12.3. The molecule has 1 aromatic rings. The van der Waals surface area contributed by atoms with Crippen LogP contribution >= 0.6 is 0 Å². The summed E-state index contributed by atoms with van der Waals surface area (Å²) in [6, 6.07) is 5.30. The number of benzene rings is 1. The smallest absolute Gasteiger partial charge is 0.251 e. The highest BCUT2D eigenvalue weighted by Crippen LogP contribution is 2.27. The first-order chi connectivity index (χ1) is 9.10. The van der Waals surface area contributed by atoms with E-state index in [9.17, 15) is 4.79 Å². The van der Waals surface area contributed by atoms with Gasteiger partial charge in [0.2, 0.25) is 0 Å². The zero-order valence-electron chi connectivity index (χ0n) is 11.5. The predicted molar refractivity (Wildman–Crippen MR) is 78.8 cm³/mol. The van der Waals surface area contributed by atoms with Crippen molar-refractivity contribution in [2.75, 3.05) is 11.5 Å². The van der Waals surface area contributed by atoms with Crippen LogP contribution in [0.1, 0.15) is 49.4 Å². The third kappa shape index (κ3) is 3.40. The van der Waals surface area contributed by atoms with Crippen molar-refractivity contribution in [2.45, 2.75) is 45.1 Å². The maximum atomic E-state index is 12.3. The minimum atomic E-state index is -0.0654. The molecule has 0 spiro atoms. The van der Waals surface area contributed by atoms with Crippen molar-refractivity contribution in [1.82, 2.24) is 5.32 Å². The summed E-state index contributed by atoms with van der Waals surface area (Å²) in [5, 5.41) is 3.14. The summed E-state index contributed by atoms with van der Waals surface area (Å²) in [5.74, 6) is 0.528. The van der Waals surface area contributed by atoms with Gasteiger partial charge in [0.1, 0.15) is 0 Å². The topological polar surface area (TPSA) is 81.1 Å². The van der Waals surface area contributed by atoms with Gasteiger partial charge in [-0.15, -0.1) is 0 Å². The lowest BCUT2D eigenvalue weighted by Crippen LogP contribution is -2.41. The average molecular weight is 261 g/mol. The van der Waals surface area contributed by atoms with E-state index >= 15 is 0 Å². The van der Waals surface area contributed by atoms with Gasteiger partial charge < -0.3 is 16.8 Å². The van der Waals surface area contributed by atoms with Crippen molar-refractivity contribution in [3.05, 3.63) is 23.8 Å². The summed E-state index contributed by atoms with van der Waals surface area (Å²) in [7, 11) is 0. The van der Waals surface area contributed by atoms with Crippen molar-refractivity contribution in [3.63, 3.8) is 0 Å². The van der Waals surface area contributed by atoms with E-state index in [0.29, 0.717) is 22.9 Å². The Morgan fingerprint density at radius 1 is 1.21 bits per heavy atom. The molecule has 1 fully saturated rings. The van der Waals surface area contributed by atoms with Gasteiger partial charge in [-0.2, -0.15) is 0 Å². The number of anilines is 2. The molecule has 1 aromatic carbocycles. The molecule has 0 saturated heterocycles. The van der Waals surface area contributed by atoms with Gasteiger partial charge in [-0.05, 0) is 37.0 Å². The zero-order valence-corrected chi connectivity index (χ0v) is 11.5. The van der Waals surface area contributed by atoms with Crippen LogP contribution in [0.2, 0.25) is 0 Å². The molecule has 1 aliphatic carbocycles. The highest BCUT2D eigenvalue weighted by atomic mass is 16.1. The van der Waals surface area contributed by atoms with E-state index < -0.39 is 0 Å². The number of carbonyl (C=O) groups is 1. The number of nitrogen functional groups attached to an aromatic ring is 2. The maximum Gasteiger partial charge on any atom is 0.251 e. The highest BCUT2D eigenvalue weighted by Gasteiger charge is 2.25. The van der Waals surface area contributed by atoms with E-state index in [0.717, 1.165) is 12.8 Å². The fourth-order valence-electron chi connectivity index (χ4n) is 2.95. The molecule has 19 heavy (non-hydrogen) atoms. The van der Waals surface area contributed by atoms with Crippen molar-refractivity contribution in [3.8, 4) is 0 Å². The molecule has 1 amide bonds. The Morgan fingerprint density at radius 3 is 2.47 bits per heavy atom. The van der Waals surface area contributed by atoms with E-state index in [-0.39, 0.29) is 11.9 Å². The van der Waals surface area contributed by atoms with Gasteiger partial charge >= 0.3 is 0 Å². The first-order valence-corrected chi connectivity index (χ1v) is 7.07. The number of rotatable bonds is 3. The van der Waals surface area contributed by atoms with Crippen LogP contribution in [0, 0.1) is 5.92 Å². The van der Waals surface area contributed by atoms with Gasteiger partial charge in [0.15, 0.2) is 0 Å². The van der Waals surface area contributed by atoms with Gasteiger partial charge in [0.25, 0.3) is 5.91 Å². The lowest BCUT2D eigenvalue weighted by atomic mass is 9.83. The molecule has 2 unspecified atom stereocenters. The number of hydrogen-bond donors (Lipinski definition) is 3. The van der Waals surface area contributed by atoms with Crippen LogP contribution in [0.5, 0.6) is 0 Å². The second kappa shape index (κ2) is 5.95. The Bertz CT molecular complexity index is 438. The molecular formula is C15H23N3O. The molecule has 1 saturated carbocycles. The van der Waals surface area contributed by atoms with Crippen molar-refractivity contribution in [1.29, 1.82) is 0 Å². The van der Waals surface area contributed by atoms with Gasteiger partial charge in [0, 0.05) is 23.0 Å². The Morgan fingerprint density at radius 2 is 1.84 bits per heavy atom. The molecule has 0 aliphatic heterocycles. The van der Waals surface area contributed by atoms with Crippen LogP contribution in [-0.4, -0.2) is 11.9 Å². The fraction of sp³-hybridized carbons (Fsp3) is 0.533. The summed E-state index contributed by atoms with van der Waals surface area (Å²) in [6.07, 6.45) is 5.86. The third-order valence-corrected chi connectivity index (χ3v) is 3.99. The van der Waals surface area contributed by atoms with Crippen LogP contribution in [0.3, 0.4) is 0 Å². The normalized spacial score (nSPS) is 23.0. The molecule has 4 heteroatoms. The molecular weight excluding hydrogens is 238 g/mol. The number of amides is 1. The summed E-state index contributed by atoms with van der Waals surface area (Å²) in [5.41, 5.74) is 13.1. The SMILES string of the molecule is CCC1CCCCC1NC(=O)c1cc(N)cc(N)c1. The number of nitrogens with two attached hydrogens (primary N) is 2. The van der Waals surface area contributed by atoms with Gasteiger partial charge in [-0.25, -0.2) is 0 Å². The second-order valence-corrected chi connectivity index (χ2v) is 5.42. The predicted octanol–water partition coefficient (Wildman–Crippen LogP) is 2.55. The first kappa shape index (κ1) is 13.7. The molecule has 0 bridgehead atoms. The molecule has 2 rings (SSSR count). The molecule has 104 valence electrons. The monoisotopic (exact) mass is 261 g/mol. The molecule has 0 heterocycles. The van der Waals surface area contributed by atoms with Gasteiger partial charge in [0.05, 0.1) is 0 Å². The summed E-state index contributed by atoms with van der Waals surface area (Å²) >= 11 is 0. The standard InChI is InChI=1S/C15H23N3O/c1-2-10-5-3-4-6-14(10)18-15(19)11-7-12(16)9-13(17)8-11/h7-10,14H,2-6,16-17H2,1H3,(H,18,19). The average Bonchev–Trinajstić information content (AvgIpc) is 2.38. The summed E-state index contributed by atoms with van der Waals surface area (Å²) < 4.78 is 0.